The van der Waals surface area contributed by atoms with Gasteiger partial charge in [0.1, 0.15) is 17.1 Å². The summed E-state index contributed by atoms with van der Waals surface area (Å²) < 4.78 is 10.1. The molecule has 8 heteroatoms. The Morgan fingerprint density at radius 3 is 2.52 bits per heavy atom. The van der Waals surface area contributed by atoms with Gasteiger partial charge >= 0.3 is 5.97 Å². The first-order chi connectivity index (χ1) is 11.7. The molecule has 2 aromatic rings. The van der Waals surface area contributed by atoms with Crippen LogP contribution in [0.2, 0.25) is 0 Å². The fourth-order valence-corrected chi connectivity index (χ4v) is 2.45. The first-order valence-electron chi connectivity index (χ1n) is 7.42. The largest absolute Gasteiger partial charge is 0.465 e. The number of hydrogen-bond acceptors (Lipinski definition) is 6. The first-order valence-corrected chi connectivity index (χ1v) is 7.42. The molecule has 1 aromatic carbocycles. The Hall–Kier alpha value is -3.16. The Labute approximate surface area is 144 Å². The summed E-state index contributed by atoms with van der Waals surface area (Å²) in [4.78, 5) is 35.8. The number of methoxy groups -OCH3 is 1. The lowest BCUT2D eigenvalue weighted by Crippen LogP contribution is -2.26. The molecule has 0 aliphatic rings. The third kappa shape index (κ3) is 3.85. The molecule has 25 heavy (non-hydrogen) atoms. The summed E-state index contributed by atoms with van der Waals surface area (Å²) in [6.07, 6.45) is 0. The molecule has 0 bridgehead atoms. The Balaban J connectivity index is 2.17. The van der Waals surface area contributed by atoms with Crippen molar-refractivity contribution in [2.45, 2.75) is 20.4 Å². The van der Waals surface area contributed by atoms with Crippen molar-refractivity contribution in [3.63, 3.8) is 0 Å². The van der Waals surface area contributed by atoms with Crippen molar-refractivity contribution < 1.29 is 23.7 Å². The zero-order chi connectivity index (χ0) is 18.7. The number of carbonyl (C=O) groups is 2. The number of aryl methyl sites for hydroxylation is 2. The van der Waals surface area contributed by atoms with E-state index in [1.54, 1.807) is 20.9 Å². The van der Waals surface area contributed by atoms with Crippen LogP contribution in [-0.2, 0) is 11.3 Å². The lowest BCUT2D eigenvalue weighted by Gasteiger charge is -2.16. The summed E-state index contributed by atoms with van der Waals surface area (Å²) in [5.41, 5.74) is 1.02. The van der Waals surface area contributed by atoms with Gasteiger partial charge in [0.2, 0.25) is 0 Å². The average Bonchev–Trinajstić information content (AvgIpc) is 2.93. The number of furan rings is 1. The molecule has 0 atom stereocenters. The monoisotopic (exact) mass is 346 g/mol. The van der Waals surface area contributed by atoms with Crippen LogP contribution < -0.4 is 0 Å². The highest BCUT2D eigenvalue weighted by Gasteiger charge is 2.20. The van der Waals surface area contributed by atoms with Gasteiger partial charge in [0.05, 0.1) is 18.6 Å². The summed E-state index contributed by atoms with van der Waals surface area (Å²) in [6, 6.07) is 5.73. The number of nitrogens with zero attached hydrogens (tertiary/aromatic N) is 2. The van der Waals surface area contributed by atoms with Gasteiger partial charge < -0.3 is 14.1 Å². The van der Waals surface area contributed by atoms with Gasteiger partial charge in [-0.15, -0.1) is 0 Å². The molecule has 132 valence electrons. The minimum atomic E-state index is -0.507. The number of amides is 1. The lowest BCUT2D eigenvalue weighted by molar-refractivity contribution is -0.385. The molecule has 0 saturated carbocycles. The molecule has 0 saturated heterocycles. The van der Waals surface area contributed by atoms with E-state index in [4.69, 9.17) is 4.42 Å². The van der Waals surface area contributed by atoms with E-state index in [9.17, 15) is 19.7 Å². The zero-order valence-corrected chi connectivity index (χ0v) is 14.4. The minimum Gasteiger partial charge on any atom is -0.465 e. The molecular weight excluding hydrogens is 328 g/mol. The van der Waals surface area contributed by atoms with Crippen LogP contribution in [0.15, 0.2) is 28.7 Å². The average molecular weight is 346 g/mol. The standard InChI is InChI=1S/C17H18N2O6/c1-10-7-12(5-6-15(10)19(22)23)16(20)18(3)9-13-8-14(11(2)25-13)17(21)24-4/h5-8H,9H2,1-4H3. The molecule has 0 spiro atoms. The van der Waals surface area contributed by atoms with Crippen LogP contribution >= 0.6 is 0 Å². The number of nitro groups is 1. The van der Waals surface area contributed by atoms with Gasteiger partial charge in [0.15, 0.2) is 0 Å². The summed E-state index contributed by atoms with van der Waals surface area (Å²) in [6.45, 7) is 3.36. The zero-order valence-electron chi connectivity index (χ0n) is 14.4. The number of nitro benzene ring substituents is 1. The Kier molecular flexibility index (Phi) is 5.21. The van der Waals surface area contributed by atoms with Crippen LogP contribution in [-0.4, -0.2) is 35.9 Å². The molecule has 0 fully saturated rings. The summed E-state index contributed by atoms with van der Waals surface area (Å²) in [5, 5.41) is 10.9. The van der Waals surface area contributed by atoms with Gasteiger partial charge in [-0.3, -0.25) is 14.9 Å². The van der Waals surface area contributed by atoms with Crippen molar-refractivity contribution in [2.24, 2.45) is 0 Å². The van der Waals surface area contributed by atoms with Crippen LogP contribution in [0.5, 0.6) is 0 Å². The highest BCUT2D eigenvalue weighted by atomic mass is 16.6. The first kappa shape index (κ1) is 18.2. The van der Waals surface area contributed by atoms with Gasteiger partial charge in [0.25, 0.3) is 11.6 Å². The minimum absolute atomic E-state index is 0.0383. The molecule has 0 aliphatic carbocycles. The summed E-state index contributed by atoms with van der Waals surface area (Å²) >= 11 is 0. The maximum absolute atomic E-state index is 12.5. The lowest BCUT2D eigenvalue weighted by atomic mass is 10.1. The highest BCUT2D eigenvalue weighted by molar-refractivity contribution is 5.94. The van der Waals surface area contributed by atoms with E-state index in [0.29, 0.717) is 28.2 Å². The summed E-state index contributed by atoms with van der Waals surface area (Å²) in [5.74, 6) is 0.0282. The predicted octanol–water partition coefficient (Wildman–Crippen LogP) is 2.86. The van der Waals surface area contributed by atoms with Gasteiger partial charge in [0, 0.05) is 24.2 Å². The van der Waals surface area contributed by atoms with Gasteiger partial charge in [-0.2, -0.15) is 0 Å². The van der Waals surface area contributed by atoms with Crippen LogP contribution in [0, 0.1) is 24.0 Å². The van der Waals surface area contributed by atoms with Gasteiger partial charge in [-0.1, -0.05) is 0 Å². The van der Waals surface area contributed by atoms with Crippen LogP contribution in [0.25, 0.3) is 0 Å². The Morgan fingerprint density at radius 1 is 1.28 bits per heavy atom. The molecule has 2 rings (SSSR count). The predicted molar refractivity (Wildman–Crippen MR) is 88.4 cm³/mol. The van der Waals surface area contributed by atoms with E-state index in [1.165, 1.54) is 36.3 Å². The third-order valence-electron chi connectivity index (χ3n) is 3.75. The van der Waals surface area contributed by atoms with Crippen molar-refractivity contribution in [3.8, 4) is 0 Å². The second-order valence-corrected chi connectivity index (χ2v) is 5.59. The van der Waals surface area contributed by atoms with Crippen molar-refractivity contribution in [3.05, 3.63) is 62.6 Å². The molecule has 1 aromatic heterocycles. The Bertz CT molecular complexity index is 840. The van der Waals surface area contributed by atoms with E-state index in [2.05, 4.69) is 4.74 Å². The quantitative estimate of drug-likeness (QED) is 0.468. The molecule has 8 nitrogen and oxygen atoms in total. The van der Waals surface area contributed by atoms with E-state index in [0.717, 1.165) is 0 Å². The molecule has 1 amide bonds. The number of esters is 1. The fourth-order valence-electron chi connectivity index (χ4n) is 2.45. The normalized spacial score (nSPS) is 10.4. The summed E-state index contributed by atoms with van der Waals surface area (Å²) in [7, 11) is 2.86. The molecule has 0 N–H and O–H groups in total. The smallest absolute Gasteiger partial charge is 0.341 e. The van der Waals surface area contributed by atoms with E-state index >= 15 is 0 Å². The topological polar surface area (TPSA) is 103 Å². The van der Waals surface area contributed by atoms with Crippen molar-refractivity contribution >= 4 is 17.6 Å². The van der Waals surface area contributed by atoms with Crippen molar-refractivity contribution in [2.75, 3.05) is 14.2 Å². The highest BCUT2D eigenvalue weighted by Crippen LogP contribution is 2.21. The number of carbonyl (C=O) groups excluding carboxylic acids is 2. The number of rotatable bonds is 5. The molecule has 0 aliphatic heterocycles. The van der Waals surface area contributed by atoms with Crippen LogP contribution in [0.1, 0.15) is 37.8 Å². The van der Waals surface area contributed by atoms with E-state index in [-0.39, 0.29) is 18.1 Å². The van der Waals surface area contributed by atoms with E-state index in [1.807, 2.05) is 0 Å². The Morgan fingerprint density at radius 2 is 1.96 bits per heavy atom. The molecule has 0 unspecified atom stereocenters. The third-order valence-corrected chi connectivity index (χ3v) is 3.75. The second-order valence-electron chi connectivity index (χ2n) is 5.59. The number of benzene rings is 1. The van der Waals surface area contributed by atoms with Gasteiger partial charge in [-0.05, 0) is 32.0 Å². The second kappa shape index (κ2) is 7.16. The van der Waals surface area contributed by atoms with Crippen LogP contribution in [0.4, 0.5) is 5.69 Å². The number of ether oxygens (including phenoxy) is 1. The number of hydrogen-bond donors (Lipinski definition) is 0. The molecular formula is C17H18N2O6. The van der Waals surface area contributed by atoms with Crippen molar-refractivity contribution in [1.82, 2.24) is 4.90 Å². The molecule has 0 radical (unpaired) electrons. The van der Waals surface area contributed by atoms with Crippen LogP contribution in [0.3, 0.4) is 0 Å². The van der Waals surface area contributed by atoms with Gasteiger partial charge in [-0.25, -0.2) is 4.79 Å². The maximum Gasteiger partial charge on any atom is 0.341 e. The van der Waals surface area contributed by atoms with E-state index < -0.39 is 10.9 Å². The maximum atomic E-state index is 12.5. The van der Waals surface area contributed by atoms with Crippen molar-refractivity contribution in [1.29, 1.82) is 0 Å². The SMILES string of the molecule is COC(=O)c1cc(CN(C)C(=O)c2ccc([N+](=O)[O-])c(C)c2)oc1C. The molecule has 1 heterocycles. The fraction of sp³-hybridized carbons (Fsp3) is 0.294.